The first kappa shape index (κ1) is 12.4. The quantitative estimate of drug-likeness (QED) is 0.915. The summed E-state index contributed by atoms with van der Waals surface area (Å²) in [5.74, 6) is -0.107. The number of anilines is 1. The summed E-state index contributed by atoms with van der Waals surface area (Å²) in [6, 6.07) is 4.17. The van der Waals surface area contributed by atoms with Crippen LogP contribution in [0.3, 0.4) is 0 Å². The second kappa shape index (κ2) is 4.80. The van der Waals surface area contributed by atoms with Crippen molar-refractivity contribution in [3.63, 3.8) is 0 Å². The van der Waals surface area contributed by atoms with Gasteiger partial charge in [-0.1, -0.05) is 0 Å². The fraction of sp³-hybridized carbons (Fsp3) is 0.286. The lowest BCUT2D eigenvalue weighted by Gasteiger charge is -2.03. The maximum atomic E-state index is 12.2. The number of amides is 1. The van der Waals surface area contributed by atoms with E-state index in [4.69, 9.17) is 0 Å². The predicted octanol–water partition coefficient (Wildman–Crippen LogP) is 3.73. The molecule has 0 radical (unpaired) electrons. The van der Waals surface area contributed by atoms with E-state index in [1.54, 1.807) is 11.3 Å². The lowest BCUT2D eigenvalue weighted by atomic mass is 10.1. The summed E-state index contributed by atoms with van der Waals surface area (Å²) in [7, 11) is 0. The monoisotopic (exact) mass is 288 g/mol. The van der Waals surface area contributed by atoms with Gasteiger partial charge in [0.15, 0.2) is 0 Å². The van der Waals surface area contributed by atoms with E-state index in [0.29, 0.717) is 10.6 Å². The third-order valence-electron chi connectivity index (χ3n) is 3.33. The Morgan fingerprint density at radius 3 is 3.00 bits per heavy atom. The highest BCUT2D eigenvalue weighted by atomic mass is 32.1. The topological polar surface area (TPSA) is 52.9 Å². The first-order chi connectivity index (χ1) is 9.20. The van der Waals surface area contributed by atoms with Crippen molar-refractivity contribution in [2.24, 2.45) is 0 Å². The van der Waals surface area contributed by atoms with Crippen LogP contribution in [0.4, 0.5) is 5.00 Å². The summed E-state index contributed by atoms with van der Waals surface area (Å²) in [5.41, 5.74) is 2.79. The summed E-state index contributed by atoms with van der Waals surface area (Å²) < 4.78 is 0. The van der Waals surface area contributed by atoms with Gasteiger partial charge in [0, 0.05) is 4.88 Å². The number of hydrogen-bond acceptors (Lipinski definition) is 4. The van der Waals surface area contributed by atoms with Gasteiger partial charge in [-0.25, -0.2) is 0 Å². The Kier molecular flexibility index (Phi) is 3.13. The van der Waals surface area contributed by atoms with Gasteiger partial charge in [-0.15, -0.1) is 22.7 Å². The molecule has 2 heterocycles. The summed E-state index contributed by atoms with van der Waals surface area (Å²) in [6.07, 6.45) is 3.11. The van der Waals surface area contributed by atoms with Crippen molar-refractivity contribution in [3.8, 4) is 6.07 Å². The van der Waals surface area contributed by atoms with Crippen LogP contribution in [0.15, 0.2) is 11.4 Å². The molecule has 3 nitrogen and oxygen atoms in total. The Bertz CT molecular complexity index is 691. The zero-order chi connectivity index (χ0) is 13.4. The summed E-state index contributed by atoms with van der Waals surface area (Å²) in [5, 5.41) is 14.8. The molecule has 1 aliphatic carbocycles. The van der Waals surface area contributed by atoms with Crippen LogP contribution in [-0.2, 0) is 12.8 Å². The van der Waals surface area contributed by atoms with Crippen LogP contribution >= 0.6 is 22.7 Å². The van der Waals surface area contributed by atoms with E-state index in [9.17, 15) is 10.1 Å². The number of fused-ring (bicyclic) bond motifs is 1. The van der Waals surface area contributed by atoms with E-state index in [1.807, 2.05) is 18.4 Å². The van der Waals surface area contributed by atoms with Gasteiger partial charge in [0.05, 0.1) is 10.4 Å². The van der Waals surface area contributed by atoms with Crippen molar-refractivity contribution < 1.29 is 4.79 Å². The summed E-state index contributed by atoms with van der Waals surface area (Å²) in [6.45, 7) is 1.92. The molecule has 2 aromatic heterocycles. The SMILES string of the molecule is Cc1ccsc1C(=O)Nc1sc2c(c1C#N)CCC2. The lowest BCUT2D eigenvalue weighted by Crippen LogP contribution is -2.11. The van der Waals surface area contributed by atoms with Crippen molar-refractivity contribution in [3.05, 3.63) is 37.9 Å². The van der Waals surface area contributed by atoms with Gasteiger partial charge in [-0.05, 0) is 48.8 Å². The van der Waals surface area contributed by atoms with Crippen molar-refractivity contribution >= 4 is 33.6 Å². The van der Waals surface area contributed by atoms with Crippen LogP contribution in [0.25, 0.3) is 0 Å². The molecule has 0 aromatic carbocycles. The first-order valence-corrected chi connectivity index (χ1v) is 7.80. The van der Waals surface area contributed by atoms with Gasteiger partial charge in [0.1, 0.15) is 11.1 Å². The molecule has 19 heavy (non-hydrogen) atoms. The van der Waals surface area contributed by atoms with Gasteiger partial charge in [-0.3, -0.25) is 4.79 Å². The number of nitrogens with one attached hydrogen (secondary N) is 1. The van der Waals surface area contributed by atoms with E-state index in [-0.39, 0.29) is 5.91 Å². The third-order valence-corrected chi connectivity index (χ3v) is 5.55. The van der Waals surface area contributed by atoms with E-state index in [2.05, 4.69) is 11.4 Å². The minimum atomic E-state index is -0.107. The average Bonchev–Trinajstić information content (AvgIpc) is 3.04. The number of thiophene rings is 2. The van der Waals surface area contributed by atoms with Crippen LogP contribution in [-0.4, -0.2) is 5.91 Å². The lowest BCUT2D eigenvalue weighted by molar-refractivity contribution is 0.103. The van der Waals surface area contributed by atoms with Crippen molar-refractivity contribution in [2.45, 2.75) is 26.2 Å². The smallest absolute Gasteiger partial charge is 0.266 e. The molecule has 3 rings (SSSR count). The zero-order valence-corrected chi connectivity index (χ0v) is 12.1. The third kappa shape index (κ3) is 2.07. The van der Waals surface area contributed by atoms with Crippen LogP contribution in [0.1, 0.15) is 37.7 Å². The summed E-state index contributed by atoms with van der Waals surface area (Å²) in [4.78, 5) is 14.2. The fourth-order valence-electron chi connectivity index (χ4n) is 2.38. The number of nitrogens with zero attached hydrogens (tertiary/aromatic N) is 1. The number of aryl methyl sites for hydroxylation is 2. The zero-order valence-electron chi connectivity index (χ0n) is 10.4. The Morgan fingerprint density at radius 1 is 1.47 bits per heavy atom. The molecule has 0 atom stereocenters. The molecule has 0 bridgehead atoms. The standard InChI is InChI=1S/C14H12N2OS2/c1-8-5-6-18-12(8)13(17)16-14-10(7-15)9-3-2-4-11(9)19-14/h5-6H,2-4H2,1H3,(H,16,17). The van der Waals surface area contributed by atoms with Gasteiger partial charge >= 0.3 is 0 Å². The molecule has 0 unspecified atom stereocenters. The molecule has 1 amide bonds. The molecule has 0 aliphatic heterocycles. The summed E-state index contributed by atoms with van der Waals surface area (Å²) >= 11 is 2.99. The second-order valence-corrected chi connectivity index (χ2v) is 6.58. The molecule has 1 aliphatic rings. The molecule has 0 fully saturated rings. The van der Waals surface area contributed by atoms with Gasteiger partial charge in [-0.2, -0.15) is 5.26 Å². The number of rotatable bonds is 2. The number of hydrogen-bond donors (Lipinski definition) is 1. The van der Waals surface area contributed by atoms with E-state index in [0.717, 1.165) is 35.3 Å². The van der Waals surface area contributed by atoms with E-state index in [1.165, 1.54) is 16.2 Å². The number of nitriles is 1. The average molecular weight is 288 g/mol. The highest BCUT2D eigenvalue weighted by Gasteiger charge is 2.23. The number of carbonyl (C=O) groups excluding carboxylic acids is 1. The molecule has 0 saturated carbocycles. The maximum absolute atomic E-state index is 12.2. The van der Waals surface area contributed by atoms with Crippen LogP contribution < -0.4 is 5.32 Å². The van der Waals surface area contributed by atoms with Crippen molar-refractivity contribution in [1.82, 2.24) is 0 Å². The van der Waals surface area contributed by atoms with Crippen LogP contribution in [0, 0.1) is 18.3 Å². The first-order valence-electron chi connectivity index (χ1n) is 6.10. The molecule has 5 heteroatoms. The highest BCUT2D eigenvalue weighted by molar-refractivity contribution is 7.17. The van der Waals surface area contributed by atoms with E-state index >= 15 is 0 Å². The molecule has 96 valence electrons. The molecular formula is C14H12N2OS2. The Hall–Kier alpha value is -1.64. The van der Waals surface area contributed by atoms with Gasteiger partial charge < -0.3 is 5.32 Å². The fourth-order valence-corrected chi connectivity index (χ4v) is 4.43. The second-order valence-electron chi connectivity index (χ2n) is 4.56. The normalized spacial score (nSPS) is 13.1. The number of carbonyl (C=O) groups is 1. The van der Waals surface area contributed by atoms with Gasteiger partial charge in [0.25, 0.3) is 5.91 Å². The predicted molar refractivity (Wildman–Crippen MR) is 78.1 cm³/mol. The maximum Gasteiger partial charge on any atom is 0.266 e. The highest BCUT2D eigenvalue weighted by Crippen LogP contribution is 2.38. The molecule has 2 aromatic rings. The minimum absolute atomic E-state index is 0.107. The molecule has 0 saturated heterocycles. The Balaban J connectivity index is 1.91. The molecule has 0 spiro atoms. The minimum Gasteiger partial charge on any atom is -0.312 e. The largest absolute Gasteiger partial charge is 0.312 e. The van der Waals surface area contributed by atoms with Crippen LogP contribution in [0.5, 0.6) is 0 Å². The molecular weight excluding hydrogens is 276 g/mol. The molecule has 1 N–H and O–H groups in total. The van der Waals surface area contributed by atoms with Crippen molar-refractivity contribution in [1.29, 1.82) is 5.26 Å². The van der Waals surface area contributed by atoms with Crippen LogP contribution in [0.2, 0.25) is 0 Å². The Labute approximate surface area is 119 Å². The van der Waals surface area contributed by atoms with Gasteiger partial charge in [0.2, 0.25) is 0 Å². The Morgan fingerprint density at radius 2 is 2.32 bits per heavy atom. The van der Waals surface area contributed by atoms with E-state index < -0.39 is 0 Å². The van der Waals surface area contributed by atoms with Crippen molar-refractivity contribution in [2.75, 3.05) is 5.32 Å².